The quantitative estimate of drug-likeness (QED) is 0.626. The number of hydrogen-bond donors (Lipinski definition) is 0. The highest BCUT2D eigenvalue weighted by atomic mass is 16.7. The van der Waals surface area contributed by atoms with Crippen molar-refractivity contribution in [2.24, 2.45) is 5.92 Å². The standard InChI is InChI=1S/C23H19N3O4/c1-29-18-9-7-16(8-10-18)25-22(27)19-20(15-11-13-24-14-12-15)26(30-21(19)23(25)28)17-5-3-2-4-6-17/h2-14,19-21H,1H3/t19-,20+,21-/m0/s1. The molecule has 0 bridgehead atoms. The predicted octanol–water partition coefficient (Wildman–Crippen LogP) is 3.14. The molecule has 2 amide bonds. The molecule has 0 aliphatic carbocycles. The molecule has 5 rings (SSSR count). The lowest BCUT2D eigenvalue weighted by Crippen LogP contribution is -2.37. The molecule has 2 aliphatic rings. The summed E-state index contributed by atoms with van der Waals surface area (Å²) in [6.45, 7) is 0. The van der Waals surface area contributed by atoms with Crippen LogP contribution in [0, 0.1) is 5.92 Å². The molecule has 0 N–H and O–H groups in total. The molecular formula is C23H19N3O4. The fourth-order valence-corrected chi connectivity index (χ4v) is 4.10. The maximum Gasteiger partial charge on any atom is 0.266 e. The zero-order valence-corrected chi connectivity index (χ0v) is 16.2. The fourth-order valence-electron chi connectivity index (χ4n) is 4.10. The smallest absolute Gasteiger partial charge is 0.266 e. The molecule has 3 aromatic rings. The minimum absolute atomic E-state index is 0.282. The number of ether oxygens (including phenoxy) is 1. The molecule has 3 atom stereocenters. The number of imide groups is 1. The number of anilines is 2. The number of carbonyl (C=O) groups excluding carboxylic acids is 2. The summed E-state index contributed by atoms with van der Waals surface area (Å²) in [6, 6.07) is 19.6. The van der Waals surface area contributed by atoms with Gasteiger partial charge in [0.25, 0.3) is 5.91 Å². The van der Waals surface area contributed by atoms with Crippen LogP contribution in [0.3, 0.4) is 0 Å². The van der Waals surface area contributed by atoms with E-state index in [0.717, 1.165) is 11.3 Å². The second kappa shape index (κ2) is 7.27. The van der Waals surface area contributed by atoms with E-state index in [1.807, 2.05) is 42.5 Å². The summed E-state index contributed by atoms with van der Waals surface area (Å²) in [7, 11) is 1.57. The van der Waals surface area contributed by atoms with Crippen LogP contribution in [-0.2, 0) is 14.4 Å². The molecule has 0 radical (unpaired) electrons. The normalized spacial score (nSPS) is 23.0. The number of amides is 2. The van der Waals surface area contributed by atoms with E-state index in [9.17, 15) is 9.59 Å². The lowest BCUT2D eigenvalue weighted by Gasteiger charge is -2.28. The van der Waals surface area contributed by atoms with E-state index >= 15 is 0 Å². The first-order valence-electron chi connectivity index (χ1n) is 9.62. The Morgan fingerprint density at radius 2 is 1.57 bits per heavy atom. The Balaban J connectivity index is 1.55. The predicted molar refractivity (Wildman–Crippen MR) is 110 cm³/mol. The summed E-state index contributed by atoms with van der Waals surface area (Å²) in [6.07, 6.45) is 2.46. The fraction of sp³-hybridized carbons (Fsp3) is 0.174. The van der Waals surface area contributed by atoms with Crippen LogP contribution in [0.25, 0.3) is 0 Å². The number of methoxy groups -OCH3 is 1. The molecule has 0 spiro atoms. The van der Waals surface area contributed by atoms with Gasteiger partial charge in [0, 0.05) is 12.4 Å². The minimum atomic E-state index is -0.891. The first-order valence-corrected chi connectivity index (χ1v) is 9.62. The van der Waals surface area contributed by atoms with Crippen LogP contribution in [0.15, 0.2) is 79.1 Å². The van der Waals surface area contributed by atoms with Gasteiger partial charge in [-0.25, -0.2) is 9.96 Å². The van der Waals surface area contributed by atoms with Gasteiger partial charge in [-0.3, -0.25) is 19.4 Å². The van der Waals surface area contributed by atoms with Crippen molar-refractivity contribution in [1.82, 2.24) is 4.98 Å². The van der Waals surface area contributed by atoms with E-state index in [4.69, 9.17) is 9.57 Å². The van der Waals surface area contributed by atoms with E-state index < -0.39 is 18.1 Å². The number of rotatable bonds is 4. The molecule has 0 saturated carbocycles. The van der Waals surface area contributed by atoms with Crippen molar-refractivity contribution in [3.05, 3.63) is 84.7 Å². The number of para-hydroxylation sites is 1. The van der Waals surface area contributed by atoms with Gasteiger partial charge >= 0.3 is 0 Å². The van der Waals surface area contributed by atoms with E-state index in [2.05, 4.69) is 4.98 Å². The molecule has 2 aromatic carbocycles. The van der Waals surface area contributed by atoms with Crippen molar-refractivity contribution >= 4 is 23.2 Å². The lowest BCUT2D eigenvalue weighted by molar-refractivity contribution is -0.126. The van der Waals surface area contributed by atoms with Gasteiger partial charge in [-0.2, -0.15) is 0 Å². The zero-order valence-electron chi connectivity index (χ0n) is 16.2. The van der Waals surface area contributed by atoms with Crippen LogP contribution in [0.5, 0.6) is 5.75 Å². The lowest BCUT2D eigenvalue weighted by atomic mass is 9.91. The number of fused-ring (bicyclic) bond motifs is 1. The molecule has 2 aliphatic heterocycles. The Morgan fingerprint density at radius 3 is 2.23 bits per heavy atom. The van der Waals surface area contributed by atoms with Gasteiger partial charge in [-0.1, -0.05) is 18.2 Å². The van der Waals surface area contributed by atoms with Crippen LogP contribution in [-0.4, -0.2) is 30.0 Å². The van der Waals surface area contributed by atoms with Crippen molar-refractivity contribution < 1.29 is 19.2 Å². The van der Waals surface area contributed by atoms with E-state index in [-0.39, 0.29) is 11.8 Å². The van der Waals surface area contributed by atoms with Gasteiger partial charge in [0.1, 0.15) is 11.7 Å². The largest absolute Gasteiger partial charge is 0.497 e. The van der Waals surface area contributed by atoms with Gasteiger partial charge in [0.05, 0.1) is 24.5 Å². The number of benzene rings is 2. The molecule has 150 valence electrons. The van der Waals surface area contributed by atoms with Gasteiger partial charge in [-0.05, 0) is 54.1 Å². The van der Waals surface area contributed by atoms with Crippen LogP contribution < -0.4 is 14.7 Å². The van der Waals surface area contributed by atoms with Crippen molar-refractivity contribution in [3.8, 4) is 5.75 Å². The van der Waals surface area contributed by atoms with Crippen molar-refractivity contribution in [3.63, 3.8) is 0 Å². The SMILES string of the molecule is COc1ccc(N2C(=O)[C@@H]3[C@H](ON(c4ccccc4)[C@@H]3c3ccncc3)C2=O)cc1. The highest BCUT2D eigenvalue weighted by Crippen LogP contribution is 2.47. The van der Waals surface area contributed by atoms with E-state index in [0.29, 0.717) is 11.4 Å². The monoisotopic (exact) mass is 401 g/mol. The maximum absolute atomic E-state index is 13.5. The van der Waals surface area contributed by atoms with Crippen LogP contribution in [0.2, 0.25) is 0 Å². The molecular weight excluding hydrogens is 382 g/mol. The number of pyridine rings is 1. The van der Waals surface area contributed by atoms with Crippen molar-refractivity contribution in [2.75, 3.05) is 17.1 Å². The first-order chi connectivity index (χ1) is 14.7. The third-order valence-corrected chi connectivity index (χ3v) is 5.50. The topological polar surface area (TPSA) is 72.0 Å². The molecule has 7 heteroatoms. The number of carbonyl (C=O) groups is 2. The average Bonchev–Trinajstić information content (AvgIpc) is 3.31. The number of hydroxylamine groups is 1. The average molecular weight is 401 g/mol. The molecule has 2 saturated heterocycles. The summed E-state index contributed by atoms with van der Waals surface area (Å²) >= 11 is 0. The van der Waals surface area contributed by atoms with Gasteiger partial charge in [0.15, 0.2) is 6.10 Å². The summed E-state index contributed by atoms with van der Waals surface area (Å²) in [5.41, 5.74) is 2.15. The van der Waals surface area contributed by atoms with Gasteiger partial charge in [-0.15, -0.1) is 0 Å². The van der Waals surface area contributed by atoms with Crippen LogP contribution in [0.4, 0.5) is 11.4 Å². The second-order valence-corrected chi connectivity index (χ2v) is 7.15. The van der Waals surface area contributed by atoms with Crippen LogP contribution >= 0.6 is 0 Å². The maximum atomic E-state index is 13.5. The molecule has 7 nitrogen and oxygen atoms in total. The Kier molecular flexibility index (Phi) is 4.44. The third kappa shape index (κ3) is 2.83. The molecule has 1 aromatic heterocycles. The van der Waals surface area contributed by atoms with Crippen molar-refractivity contribution in [2.45, 2.75) is 12.1 Å². The Bertz CT molecular complexity index is 1070. The van der Waals surface area contributed by atoms with Gasteiger partial charge in [0.2, 0.25) is 5.91 Å². The van der Waals surface area contributed by atoms with Gasteiger partial charge < -0.3 is 4.74 Å². The van der Waals surface area contributed by atoms with Crippen molar-refractivity contribution in [1.29, 1.82) is 0 Å². The Hall–Kier alpha value is -3.71. The highest BCUT2D eigenvalue weighted by Gasteiger charge is 2.60. The summed E-state index contributed by atoms with van der Waals surface area (Å²) in [5, 5.41) is 1.67. The summed E-state index contributed by atoms with van der Waals surface area (Å²) in [4.78, 5) is 38.1. The third-order valence-electron chi connectivity index (χ3n) is 5.50. The summed E-state index contributed by atoms with van der Waals surface area (Å²) in [5.74, 6) is -0.663. The van der Waals surface area contributed by atoms with Crippen LogP contribution in [0.1, 0.15) is 11.6 Å². The first kappa shape index (κ1) is 18.3. The molecule has 30 heavy (non-hydrogen) atoms. The minimum Gasteiger partial charge on any atom is -0.497 e. The molecule has 2 fully saturated rings. The number of nitrogens with zero attached hydrogens (tertiary/aromatic N) is 3. The summed E-state index contributed by atoms with van der Waals surface area (Å²) < 4.78 is 5.17. The molecule has 0 unspecified atom stereocenters. The number of hydrogen-bond acceptors (Lipinski definition) is 6. The van der Waals surface area contributed by atoms with E-state index in [1.165, 1.54) is 4.90 Å². The Labute approximate surface area is 173 Å². The van der Waals surface area contributed by atoms with E-state index in [1.54, 1.807) is 48.8 Å². The second-order valence-electron chi connectivity index (χ2n) is 7.15. The highest BCUT2D eigenvalue weighted by molar-refractivity contribution is 6.23. The Morgan fingerprint density at radius 1 is 0.867 bits per heavy atom. The molecule has 3 heterocycles. The number of aromatic nitrogens is 1. The zero-order chi connectivity index (χ0) is 20.7.